The number of nitrogens with zero attached hydrogens (tertiary/aromatic N) is 1. The zero-order valence-corrected chi connectivity index (χ0v) is 11.7. The molecule has 0 atom stereocenters. The summed E-state index contributed by atoms with van der Waals surface area (Å²) in [6, 6.07) is 7.18. The highest BCUT2D eigenvalue weighted by molar-refractivity contribution is 5.94. The number of amides is 1. The van der Waals surface area contributed by atoms with Gasteiger partial charge in [0.25, 0.3) is 5.91 Å². The van der Waals surface area contributed by atoms with Crippen molar-refractivity contribution in [2.75, 3.05) is 18.9 Å². The van der Waals surface area contributed by atoms with Gasteiger partial charge in [0.15, 0.2) is 6.61 Å². The number of hydrogen-bond acceptors (Lipinski definition) is 4. The van der Waals surface area contributed by atoms with Gasteiger partial charge < -0.3 is 15.8 Å². The summed E-state index contributed by atoms with van der Waals surface area (Å²) in [6.45, 7) is 4.72. The number of nitrogens with one attached hydrogen (secondary N) is 1. The van der Waals surface area contributed by atoms with Crippen molar-refractivity contribution in [2.45, 2.75) is 13.8 Å². The van der Waals surface area contributed by atoms with E-state index in [4.69, 9.17) is 10.5 Å². The van der Waals surface area contributed by atoms with Crippen LogP contribution in [0.2, 0.25) is 0 Å². The fraction of sp³-hybridized carbons (Fsp3) is 0.333. The van der Waals surface area contributed by atoms with E-state index in [9.17, 15) is 4.79 Å². The summed E-state index contributed by atoms with van der Waals surface area (Å²) in [5, 5.41) is 3.62. The minimum absolute atomic E-state index is 0.0133. The van der Waals surface area contributed by atoms with Crippen molar-refractivity contribution in [1.29, 1.82) is 0 Å². The van der Waals surface area contributed by atoms with E-state index < -0.39 is 0 Å². The van der Waals surface area contributed by atoms with Crippen LogP contribution in [0.1, 0.15) is 13.8 Å². The molecule has 0 fully saturated rings. The van der Waals surface area contributed by atoms with Crippen LogP contribution in [0.4, 0.5) is 5.69 Å². The van der Waals surface area contributed by atoms with Crippen LogP contribution in [0.3, 0.4) is 0 Å². The lowest BCUT2D eigenvalue weighted by molar-refractivity contribution is -0.123. The number of anilines is 1. The smallest absolute Gasteiger partial charge is 0.257 e. The number of nitrogens with two attached hydrogens (primary N) is 1. The Morgan fingerprint density at radius 3 is 2.95 bits per heavy atom. The highest BCUT2D eigenvalue weighted by Gasteiger charge is 2.08. The predicted molar refractivity (Wildman–Crippen MR) is 79.5 cm³/mol. The minimum atomic E-state index is -0.132. The van der Waals surface area contributed by atoms with Crippen LogP contribution in [0.15, 0.2) is 30.5 Å². The fourth-order valence-corrected chi connectivity index (χ4v) is 1.81. The quantitative estimate of drug-likeness (QED) is 0.816. The molecule has 0 radical (unpaired) electrons. The Balaban J connectivity index is 2.07. The van der Waals surface area contributed by atoms with Gasteiger partial charge in [-0.3, -0.25) is 9.78 Å². The first kappa shape index (κ1) is 14.1. The molecule has 2 rings (SSSR count). The van der Waals surface area contributed by atoms with Crippen molar-refractivity contribution in [3.63, 3.8) is 0 Å². The maximum atomic E-state index is 11.6. The summed E-state index contributed by atoms with van der Waals surface area (Å²) >= 11 is 0. The number of pyridine rings is 1. The summed E-state index contributed by atoms with van der Waals surface area (Å²) in [5.74, 6) is 0.898. The van der Waals surface area contributed by atoms with Crippen molar-refractivity contribution in [3.8, 4) is 5.75 Å². The predicted octanol–water partition coefficient (Wildman–Crippen LogP) is 1.97. The number of rotatable bonds is 5. The molecule has 0 aliphatic rings. The number of carbonyl (C=O) groups is 1. The Labute approximate surface area is 118 Å². The van der Waals surface area contributed by atoms with Crippen LogP contribution < -0.4 is 15.8 Å². The Bertz CT molecular complexity index is 611. The zero-order valence-electron chi connectivity index (χ0n) is 11.7. The molecular formula is C15H19N3O2. The van der Waals surface area contributed by atoms with Gasteiger partial charge in [0.1, 0.15) is 5.75 Å². The van der Waals surface area contributed by atoms with Crippen LogP contribution in [0.5, 0.6) is 5.75 Å². The maximum absolute atomic E-state index is 11.6. The Kier molecular flexibility index (Phi) is 4.40. The topological polar surface area (TPSA) is 77.2 Å². The highest BCUT2D eigenvalue weighted by Crippen LogP contribution is 2.28. The average Bonchev–Trinajstić information content (AvgIpc) is 2.45. The third-order valence-electron chi connectivity index (χ3n) is 2.83. The molecule has 0 unspecified atom stereocenters. The number of ether oxygens (including phenoxy) is 1. The summed E-state index contributed by atoms with van der Waals surface area (Å²) in [5.41, 5.74) is 7.15. The first-order valence-electron chi connectivity index (χ1n) is 6.60. The van der Waals surface area contributed by atoms with Crippen molar-refractivity contribution >= 4 is 22.5 Å². The number of nitrogen functional groups attached to an aromatic ring is 1. The molecule has 0 saturated carbocycles. The van der Waals surface area contributed by atoms with Crippen LogP contribution in [0.25, 0.3) is 10.9 Å². The molecule has 3 N–H and O–H groups in total. The van der Waals surface area contributed by atoms with Gasteiger partial charge >= 0.3 is 0 Å². The van der Waals surface area contributed by atoms with Gasteiger partial charge in [0.2, 0.25) is 0 Å². The highest BCUT2D eigenvalue weighted by atomic mass is 16.5. The average molecular weight is 273 g/mol. The molecule has 106 valence electrons. The molecule has 0 bridgehead atoms. The largest absolute Gasteiger partial charge is 0.483 e. The lowest BCUT2D eigenvalue weighted by atomic mass is 10.2. The molecular weight excluding hydrogens is 254 g/mol. The third kappa shape index (κ3) is 3.38. The molecule has 0 aliphatic heterocycles. The van der Waals surface area contributed by atoms with E-state index >= 15 is 0 Å². The van der Waals surface area contributed by atoms with E-state index in [1.54, 1.807) is 18.3 Å². The zero-order chi connectivity index (χ0) is 14.5. The van der Waals surface area contributed by atoms with Gasteiger partial charge in [-0.2, -0.15) is 0 Å². The normalized spacial score (nSPS) is 10.8. The molecule has 1 amide bonds. The minimum Gasteiger partial charge on any atom is -0.483 e. The van der Waals surface area contributed by atoms with Gasteiger partial charge in [-0.25, -0.2) is 0 Å². The monoisotopic (exact) mass is 273 g/mol. The lowest BCUT2D eigenvalue weighted by Crippen LogP contribution is -2.31. The Morgan fingerprint density at radius 1 is 1.40 bits per heavy atom. The van der Waals surface area contributed by atoms with Crippen molar-refractivity contribution in [1.82, 2.24) is 10.3 Å². The first-order chi connectivity index (χ1) is 9.58. The molecule has 1 aromatic heterocycles. The summed E-state index contributed by atoms with van der Waals surface area (Å²) < 4.78 is 5.56. The fourth-order valence-electron chi connectivity index (χ4n) is 1.81. The molecule has 0 spiro atoms. The standard InChI is InChI=1S/C15H19N3O2/c1-10(2)8-18-14(19)9-20-13-6-5-12(16)15-11(13)4-3-7-17-15/h3-7,10H,8-9,16H2,1-2H3,(H,18,19). The van der Waals surface area contributed by atoms with E-state index in [1.807, 2.05) is 26.0 Å². The van der Waals surface area contributed by atoms with Crippen LogP contribution in [-0.2, 0) is 4.79 Å². The second kappa shape index (κ2) is 6.23. The van der Waals surface area contributed by atoms with Gasteiger partial charge in [0, 0.05) is 18.1 Å². The van der Waals surface area contributed by atoms with Crippen LogP contribution in [0, 0.1) is 5.92 Å². The molecule has 1 aromatic carbocycles. The second-order valence-corrected chi connectivity index (χ2v) is 5.04. The maximum Gasteiger partial charge on any atom is 0.257 e. The molecule has 0 aliphatic carbocycles. The molecule has 1 heterocycles. The van der Waals surface area contributed by atoms with Gasteiger partial charge in [0.05, 0.1) is 11.2 Å². The number of carbonyl (C=O) groups excluding carboxylic acids is 1. The second-order valence-electron chi connectivity index (χ2n) is 5.04. The third-order valence-corrected chi connectivity index (χ3v) is 2.83. The summed E-state index contributed by atoms with van der Waals surface area (Å²) in [7, 11) is 0. The molecule has 0 saturated heterocycles. The Morgan fingerprint density at radius 2 is 2.20 bits per heavy atom. The van der Waals surface area contributed by atoms with Gasteiger partial charge in [-0.1, -0.05) is 13.8 Å². The Hall–Kier alpha value is -2.30. The molecule has 2 aromatic rings. The van der Waals surface area contributed by atoms with Gasteiger partial charge in [-0.05, 0) is 30.2 Å². The number of benzene rings is 1. The van der Waals surface area contributed by atoms with E-state index in [2.05, 4.69) is 10.3 Å². The summed E-state index contributed by atoms with van der Waals surface area (Å²) in [6.07, 6.45) is 1.68. The van der Waals surface area contributed by atoms with E-state index in [0.29, 0.717) is 29.4 Å². The number of aromatic nitrogens is 1. The van der Waals surface area contributed by atoms with E-state index in [1.165, 1.54) is 0 Å². The lowest BCUT2D eigenvalue weighted by Gasteiger charge is -2.11. The molecule has 20 heavy (non-hydrogen) atoms. The van der Waals surface area contributed by atoms with Crippen molar-refractivity contribution < 1.29 is 9.53 Å². The van der Waals surface area contributed by atoms with Gasteiger partial charge in [-0.15, -0.1) is 0 Å². The van der Waals surface area contributed by atoms with Crippen LogP contribution in [-0.4, -0.2) is 24.0 Å². The number of fused-ring (bicyclic) bond motifs is 1. The van der Waals surface area contributed by atoms with Crippen LogP contribution >= 0.6 is 0 Å². The first-order valence-corrected chi connectivity index (χ1v) is 6.60. The number of hydrogen-bond donors (Lipinski definition) is 2. The molecule has 5 nitrogen and oxygen atoms in total. The van der Waals surface area contributed by atoms with E-state index in [0.717, 1.165) is 5.39 Å². The van der Waals surface area contributed by atoms with Crippen molar-refractivity contribution in [2.24, 2.45) is 5.92 Å². The summed E-state index contributed by atoms with van der Waals surface area (Å²) in [4.78, 5) is 15.9. The SMILES string of the molecule is CC(C)CNC(=O)COc1ccc(N)c2ncccc12. The molecule has 5 heteroatoms. The van der Waals surface area contributed by atoms with Crippen molar-refractivity contribution in [3.05, 3.63) is 30.5 Å². The van der Waals surface area contributed by atoms with E-state index in [-0.39, 0.29) is 12.5 Å².